The number of hydrogen-bond donors (Lipinski definition) is 1. The van der Waals surface area contributed by atoms with Gasteiger partial charge in [-0.2, -0.15) is 5.26 Å². The highest BCUT2D eigenvalue weighted by Gasteiger charge is 2.28. The molecule has 0 saturated carbocycles. The van der Waals surface area contributed by atoms with E-state index in [9.17, 15) is 18.5 Å². The monoisotopic (exact) mass is 529 g/mol. The van der Waals surface area contributed by atoms with Crippen molar-refractivity contribution in [1.29, 1.82) is 5.26 Å². The number of sulfonamides is 1. The molecule has 9 heteroatoms. The van der Waals surface area contributed by atoms with Crippen LogP contribution in [0.25, 0.3) is 0 Å². The molecule has 1 N–H and O–H groups in total. The first-order valence-electron chi connectivity index (χ1n) is 10.1. The fourth-order valence-electron chi connectivity index (χ4n) is 3.73. The number of carbonyl (C=O) groups excluding carboxylic acids is 1. The topological polar surface area (TPSA) is 90.3 Å². The highest BCUT2D eigenvalue weighted by atomic mass is 79.9. The van der Waals surface area contributed by atoms with Gasteiger partial charge >= 0.3 is 0 Å². The number of nitriles is 1. The number of carbonyl (C=O) groups is 1. The Kier molecular flexibility index (Phi) is 6.65. The molecule has 164 valence electrons. The first-order chi connectivity index (χ1) is 15.4. The number of nitrogens with zero attached hydrogens (tertiary/aromatic N) is 2. The number of amides is 1. The Hall–Kier alpha value is -2.67. The van der Waals surface area contributed by atoms with Crippen LogP contribution < -0.4 is 9.62 Å². The minimum Gasteiger partial charge on any atom is -0.315 e. The van der Waals surface area contributed by atoms with Crippen LogP contribution in [0.4, 0.5) is 10.7 Å². The Morgan fingerprint density at radius 2 is 1.88 bits per heavy atom. The quantitative estimate of drug-likeness (QED) is 0.481. The summed E-state index contributed by atoms with van der Waals surface area (Å²) < 4.78 is 28.6. The number of halogens is 1. The molecule has 0 bridgehead atoms. The second-order valence-corrected chi connectivity index (χ2v) is 11.3. The fraction of sp³-hybridized carbons (Fsp3) is 0.217. The van der Waals surface area contributed by atoms with Gasteiger partial charge in [0.05, 0.1) is 16.1 Å². The van der Waals surface area contributed by atoms with Gasteiger partial charge in [0.1, 0.15) is 17.6 Å². The van der Waals surface area contributed by atoms with Crippen molar-refractivity contribution in [2.24, 2.45) is 0 Å². The number of fused-ring (bicyclic) bond motifs is 1. The van der Waals surface area contributed by atoms with Crippen LogP contribution in [0.5, 0.6) is 0 Å². The molecule has 3 aromatic rings. The SMILES string of the molecule is N#Cc1c(NC(=O)CN(c2cccc(Br)c2)S(=O)(=O)c2ccccc2)sc2c1CCCC2. The summed E-state index contributed by atoms with van der Waals surface area (Å²) >= 11 is 4.78. The van der Waals surface area contributed by atoms with Gasteiger partial charge in [-0.25, -0.2) is 8.42 Å². The van der Waals surface area contributed by atoms with Crippen molar-refractivity contribution in [1.82, 2.24) is 0 Å². The summed E-state index contributed by atoms with van der Waals surface area (Å²) in [6.07, 6.45) is 3.82. The summed E-state index contributed by atoms with van der Waals surface area (Å²) in [4.78, 5) is 14.2. The summed E-state index contributed by atoms with van der Waals surface area (Å²) in [5.74, 6) is -0.500. The lowest BCUT2D eigenvalue weighted by molar-refractivity contribution is -0.114. The molecule has 32 heavy (non-hydrogen) atoms. The van der Waals surface area contributed by atoms with Gasteiger partial charge in [0.15, 0.2) is 0 Å². The average Bonchev–Trinajstić information content (AvgIpc) is 3.14. The van der Waals surface area contributed by atoms with E-state index in [4.69, 9.17) is 0 Å². The normalized spacial score (nSPS) is 13.1. The molecular weight excluding hydrogens is 510 g/mol. The minimum absolute atomic E-state index is 0.0945. The Morgan fingerprint density at radius 1 is 1.12 bits per heavy atom. The van der Waals surface area contributed by atoms with Crippen LogP contribution >= 0.6 is 27.3 Å². The molecule has 1 aliphatic carbocycles. The number of thiophene rings is 1. The van der Waals surface area contributed by atoms with Crippen molar-refractivity contribution >= 4 is 53.9 Å². The van der Waals surface area contributed by atoms with Crippen LogP contribution in [0.1, 0.15) is 28.8 Å². The van der Waals surface area contributed by atoms with Gasteiger partial charge in [-0.3, -0.25) is 9.10 Å². The standard InChI is InChI=1S/C23H20BrN3O3S2/c24-16-7-6-8-17(13-16)27(32(29,30)18-9-2-1-3-10-18)15-22(28)26-23-20(14-25)19-11-4-5-12-21(19)31-23/h1-3,6-10,13H,4-5,11-12,15H2,(H,26,28). The van der Waals surface area contributed by atoms with Gasteiger partial charge in [0, 0.05) is 9.35 Å². The van der Waals surface area contributed by atoms with Crippen molar-refractivity contribution < 1.29 is 13.2 Å². The first-order valence-corrected chi connectivity index (χ1v) is 13.1. The smallest absolute Gasteiger partial charge is 0.264 e. The third kappa shape index (κ3) is 4.58. The maximum absolute atomic E-state index is 13.4. The van der Waals surface area contributed by atoms with Gasteiger partial charge < -0.3 is 5.32 Å². The average molecular weight is 530 g/mol. The molecule has 0 spiro atoms. The Balaban J connectivity index is 1.66. The number of anilines is 2. The molecule has 6 nitrogen and oxygen atoms in total. The van der Waals surface area contributed by atoms with E-state index in [0.717, 1.165) is 40.4 Å². The second kappa shape index (κ2) is 9.45. The second-order valence-electron chi connectivity index (χ2n) is 7.38. The minimum atomic E-state index is -3.99. The lowest BCUT2D eigenvalue weighted by Crippen LogP contribution is -2.38. The highest BCUT2D eigenvalue weighted by Crippen LogP contribution is 2.37. The Labute approximate surface area is 199 Å². The summed E-state index contributed by atoms with van der Waals surface area (Å²) in [5.41, 5.74) is 1.88. The van der Waals surface area contributed by atoms with Crippen molar-refractivity contribution in [3.8, 4) is 6.07 Å². The van der Waals surface area contributed by atoms with Crippen LogP contribution in [0, 0.1) is 11.3 Å². The molecule has 0 aliphatic heterocycles. The van der Waals surface area contributed by atoms with E-state index in [1.807, 2.05) is 0 Å². The maximum atomic E-state index is 13.4. The molecule has 4 rings (SSSR count). The van der Waals surface area contributed by atoms with Gasteiger partial charge in [-0.05, 0) is 61.6 Å². The van der Waals surface area contributed by atoms with E-state index in [1.54, 1.807) is 42.5 Å². The van der Waals surface area contributed by atoms with Crippen LogP contribution in [0.15, 0.2) is 64.0 Å². The zero-order valence-corrected chi connectivity index (χ0v) is 20.3. The predicted molar refractivity (Wildman–Crippen MR) is 129 cm³/mol. The summed E-state index contributed by atoms with van der Waals surface area (Å²) in [7, 11) is -3.99. The molecule has 0 radical (unpaired) electrons. The van der Waals surface area contributed by atoms with E-state index >= 15 is 0 Å². The predicted octanol–water partition coefficient (Wildman–Crippen LogP) is 5.10. The van der Waals surface area contributed by atoms with Crippen molar-refractivity contribution in [2.75, 3.05) is 16.2 Å². The van der Waals surface area contributed by atoms with E-state index in [2.05, 4.69) is 27.3 Å². The Morgan fingerprint density at radius 3 is 2.59 bits per heavy atom. The molecule has 1 amide bonds. The largest absolute Gasteiger partial charge is 0.315 e. The van der Waals surface area contributed by atoms with Gasteiger partial charge in [0.2, 0.25) is 5.91 Å². The third-order valence-corrected chi connectivity index (χ3v) is 8.74. The maximum Gasteiger partial charge on any atom is 0.264 e. The zero-order valence-electron chi connectivity index (χ0n) is 17.0. The van der Waals surface area contributed by atoms with Crippen molar-refractivity contribution in [3.05, 3.63) is 75.1 Å². The molecule has 0 unspecified atom stereocenters. The van der Waals surface area contributed by atoms with E-state index in [0.29, 0.717) is 20.7 Å². The number of rotatable bonds is 6. The van der Waals surface area contributed by atoms with Crippen LogP contribution in [0.2, 0.25) is 0 Å². The molecule has 0 saturated heterocycles. The first kappa shape index (κ1) is 22.5. The lowest BCUT2D eigenvalue weighted by atomic mass is 9.96. The number of benzene rings is 2. The lowest BCUT2D eigenvalue weighted by Gasteiger charge is -2.24. The van der Waals surface area contributed by atoms with Crippen molar-refractivity contribution in [3.63, 3.8) is 0 Å². The van der Waals surface area contributed by atoms with Gasteiger partial charge in [0.25, 0.3) is 10.0 Å². The fourth-order valence-corrected chi connectivity index (χ4v) is 6.81. The van der Waals surface area contributed by atoms with Crippen LogP contribution in [0.3, 0.4) is 0 Å². The molecule has 1 aliphatic rings. The van der Waals surface area contributed by atoms with E-state index < -0.39 is 22.5 Å². The molecule has 1 heterocycles. The number of nitrogens with one attached hydrogen (secondary N) is 1. The van der Waals surface area contributed by atoms with Crippen LogP contribution in [-0.4, -0.2) is 20.9 Å². The van der Waals surface area contributed by atoms with Gasteiger partial charge in [-0.1, -0.05) is 40.2 Å². The molecule has 1 aromatic heterocycles. The molecule has 0 atom stereocenters. The van der Waals surface area contributed by atoms with Gasteiger partial charge in [-0.15, -0.1) is 11.3 Å². The third-order valence-electron chi connectivity index (χ3n) is 5.25. The number of hydrogen-bond acceptors (Lipinski definition) is 5. The van der Waals surface area contributed by atoms with E-state index in [1.165, 1.54) is 23.5 Å². The Bertz CT molecular complexity index is 1300. The van der Waals surface area contributed by atoms with E-state index in [-0.39, 0.29) is 4.90 Å². The molecular formula is C23H20BrN3O3S2. The summed E-state index contributed by atoms with van der Waals surface area (Å²) in [6.45, 7) is -0.416. The molecule has 0 fully saturated rings. The number of aryl methyl sites for hydroxylation is 1. The summed E-state index contributed by atoms with van der Waals surface area (Å²) in [5, 5.41) is 12.9. The summed E-state index contributed by atoms with van der Waals surface area (Å²) in [6, 6.07) is 17.0. The van der Waals surface area contributed by atoms with Crippen LogP contribution in [-0.2, 0) is 27.7 Å². The van der Waals surface area contributed by atoms with Crippen molar-refractivity contribution in [2.45, 2.75) is 30.6 Å². The highest BCUT2D eigenvalue weighted by molar-refractivity contribution is 9.10. The zero-order chi connectivity index (χ0) is 22.7. The molecule has 2 aromatic carbocycles.